The van der Waals surface area contributed by atoms with Crippen molar-refractivity contribution in [2.45, 2.75) is 329 Å². The number of esters is 3. The van der Waals surface area contributed by atoms with Gasteiger partial charge < -0.3 is 14.2 Å². The van der Waals surface area contributed by atoms with E-state index in [9.17, 15) is 14.4 Å². The predicted octanol–water partition coefficient (Wildman–Crippen LogP) is 21.7. The quantitative estimate of drug-likeness (QED) is 0.0261. The molecule has 1 unspecified atom stereocenters. The molecule has 0 fully saturated rings. The van der Waals surface area contributed by atoms with Crippen LogP contribution in [0.2, 0.25) is 0 Å². The normalized spacial score (nSPS) is 12.5. The number of allylic oxidation sites excluding steroid dienone is 12. The van der Waals surface area contributed by atoms with Gasteiger partial charge in [-0.05, 0) is 96.3 Å². The lowest BCUT2D eigenvalue weighted by atomic mass is 10.0. The van der Waals surface area contributed by atoms with Crippen LogP contribution in [0.1, 0.15) is 323 Å². The molecule has 0 heterocycles. The van der Waals surface area contributed by atoms with E-state index in [1.54, 1.807) is 0 Å². The van der Waals surface area contributed by atoms with Crippen LogP contribution in [-0.2, 0) is 28.6 Å². The average molecular weight is 1030 g/mol. The van der Waals surface area contributed by atoms with Crippen molar-refractivity contribution in [3.8, 4) is 0 Å². The zero-order valence-corrected chi connectivity index (χ0v) is 49.1. The minimum atomic E-state index is -0.779. The highest BCUT2D eigenvalue weighted by Gasteiger charge is 2.19. The molecule has 0 amide bonds. The van der Waals surface area contributed by atoms with E-state index in [1.165, 1.54) is 186 Å². The minimum absolute atomic E-state index is 0.0792. The molecule has 0 radical (unpaired) electrons. The second kappa shape index (κ2) is 62.4. The fourth-order valence-corrected chi connectivity index (χ4v) is 9.11. The maximum Gasteiger partial charge on any atom is 0.306 e. The molecule has 0 N–H and O–H groups in total. The third kappa shape index (κ3) is 59.7. The Morgan fingerprint density at radius 2 is 0.486 bits per heavy atom. The summed E-state index contributed by atoms with van der Waals surface area (Å²) in [7, 11) is 0. The Balaban J connectivity index is 4.08. The number of unbranched alkanes of at least 4 members (excludes halogenated alkanes) is 35. The van der Waals surface area contributed by atoms with Gasteiger partial charge in [0.2, 0.25) is 0 Å². The van der Waals surface area contributed by atoms with Crippen LogP contribution in [0.15, 0.2) is 72.9 Å². The first kappa shape index (κ1) is 70.8. The van der Waals surface area contributed by atoms with Crippen LogP contribution in [0.25, 0.3) is 0 Å². The number of carbonyl (C=O) groups excluding carboxylic acids is 3. The summed E-state index contributed by atoms with van der Waals surface area (Å²) in [6, 6.07) is 0. The number of carbonyl (C=O) groups is 3. The van der Waals surface area contributed by atoms with Gasteiger partial charge in [0.25, 0.3) is 0 Å². The lowest BCUT2D eigenvalue weighted by Crippen LogP contribution is -2.30. The summed E-state index contributed by atoms with van der Waals surface area (Å²) in [6.45, 7) is 6.57. The van der Waals surface area contributed by atoms with Crippen molar-refractivity contribution in [1.29, 1.82) is 0 Å². The molecule has 0 saturated carbocycles. The van der Waals surface area contributed by atoms with Gasteiger partial charge in [-0.25, -0.2) is 0 Å². The van der Waals surface area contributed by atoms with Crippen LogP contribution in [0.3, 0.4) is 0 Å². The number of hydrogen-bond acceptors (Lipinski definition) is 6. The largest absolute Gasteiger partial charge is 0.462 e. The second-order valence-corrected chi connectivity index (χ2v) is 21.3. The molecule has 0 bridgehead atoms. The Hall–Kier alpha value is -3.15. The molecule has 428 valence electrons. The summed E-state index contributed by atoms with van der Waals surface area (Å²) in [5, 5.41) is 0. The zero-order chi connectivity index (χ0) is 53.6. The predicted molar refractivity (Wildman–Crippen MR) is 321 cm³/mol. The molecule has 0 saturated heterocycles. The smallest absolute Gasteiger partial charge is 0.306 e. The highest BCUT2D eigenvalue weighted by atomic mass is 16.6. The molecule has 6 heteroatoms. The topological polar surface area (TPSA) is 78.9 Å². The Bertz CT molecular complexity index is 1370. The van der Waals surface area contributed by atoms with Gasteiger partial charge in [0.1, 0.15) is 13.2 Å². The van der Waals surface area contributed by atoms with Gasteiger partial charge in [0.15, 0.2) is 6.10 Å². The molecule has 0 aliphatic carbocycles. The summed E-state index contributed by atoms with van der Waals surface area (Å²) in [5.41, 5.74) is 0. The monoisotopic (exact) mass is 1030 g/mol. The SMILES string of the molecule is CCCCCCC/C=C\C/C=C\C/C=C\CCCCCCCCCCCCCCCCC(=O)OCC(COC(=O)CCCCCCCC)OC(=O)CCCCCCCC/C=C\C/C=C\C/C=C\CCCCCCC. The summed E-state index contributed by atoms with van der Waals surface area (Å²) in [4.78, 5) is 38.0. The lowest BCUT2D eigenvalue weighted by molar-refractivity contribution is -0.167. The van der Waals surface area contributed by atoms with Crippen molar-refractivity contribution in [2.75, 3.05) is 13.2 Å². The van der Waals surface area contributed by atoms with Gasteiger partial charge in [0.05, 0.1) is 0 Å². The highest BCUT2D eigenvalue weighted by Crippen LogP contribution is 2.16. The van der Waals surface area contributed by atoms with E-state index in [0.717, 1.165) is 96.3 Å². The molecule has 6 nitrogen and oxygen atoms in total. The zero-order valence-electron chi connectivity index (χ0n) is 49.1. The third-order valence-electron chi connectivity index (χ3n) is 13.9. The van der Waals surface area contributed by atoms with E-state index in [-0.39, 0.29) is 31.1 Å². The first-order chi connectivity index (χ1) is 36.5. The fourth-order valence-electron chi connectivity index (χ4n) is 9.11. The van der Waals surface area contributed by atoms with Crippen LogP contribution >= 0.6 is 0 Å². The average Bonchev–Trinajstić information content (AvgIpc) is 3.40. The highest BCUT2D eigenvalue weighted by molar-refractivity contribution is 5.71. The summed E-state index contributed by atoms with van der Waals surface area (Å²) in [5.74, 6) is -0.891. The van der Waals surface area contributed by atoms with Crippen molar-refractivity contribution >= 4 is 17.9 Å². The van der Waals surface area contributed by atoms with Gasteiger partial charge in [-0.2, -0.15) is 0 Å². The molecule has 1 atom stereocenters. The van der Waals surface area contributed by atoms with Crippen molar-refractivity contribution in [3.05, 3.63) is 72.9 Å². The van der Waals surface area contributed by atoms with Crippen LogP contribution in [0.5, 0.6) is 0 Å². The molecular formula is C68H120O6. The lowest BCUT2D eigenvalue weighted by Gasteiger charge is -2.18. The van der Waals surface area contributed by atoms with Gasteiger partial charge in [-0.1, -0.05) is 280 Å². The van der Waals surface area contributed by atoms with E-state index in [1.807, 2.05) is 0 Å². The minimum Gasteiger partial charge on any atom is -0.462 e. The molecular weight excluding hydrogens is 913 g/mol. The van der Waals surface area contributed by atoms with Crippen molar-refractivity contribution < 1.29 is 28.6 Å². The van der Waals surface area contributed by atoms with E-state index in [2.05, 4.69) is 93.7 Å². The number of ether oxygens (including phenoxy) is 3. The molecule has 0 aliphatic rings. The molecule has 0 aliphatic heterocycles. The Kier molecular flexibility index (Phi) is 59.7. The molecule has 0 rings (SSSR count). The molecule has 0 aromatic rings. The van der Waals surface area contributed by atoms with E-state index >= 15 is 0 Å². The van der Waals surface area contributed by atoms with Crippen molar-refractivity contribution in [1.82, 2.24) is 0 Å². The summed E-state index contributed by atoms with van der Waals surface area (Å²) < 4.78 is 16.8. The Morgan fingerprint density at radius 1 is 0.270 bits per heavy atom. The van der Waals surface area contributed by atoms with Crippen LogP contribution < -0.4 is 0 Å². The van der Waals surface area contributed by atoms with Crippen LogP contribution in [0, 0.1) is 0 Å². The van der Waals surface area contributed by atoms with Gasteiger partial charge in [0, 0.05) is 19.3 Å². The van der Waals surface area contributed by atoms with Crippen molar-refractivity contribution in [2.24, 2.45) is 0 Å². The van der Waals surface area contributed by atoms with Crippen molar-refractivity contribution in [3.63, 3.8) is 0 Å². The first-order valence-electron chi connectivity index (χ1n) is 31.9. The Morgan fingerprint density at radius 3 is 0.757 bits per heavy atom. The summed E-state index contributed by atoms with van der Waals surface area (Å²) in [6.07, 6.45) is 80.9. The van der Waals surface area contributed by atoms with Gasteiger partial charge in [-0.3, -0.25) is 14.4 Å². The number of hydrogen-bond donors (Lipinski definition) is 0. The summed E-state index contributed by atoms with van der Waals surface area (Å²) >= 11 is 0. The molecule has 0 spiro atoms. The van der Waals surface area contributed by atoms with Gasteiger partial charge in [-0.15, -0.1) is 0 Å². The molecule has 74 heavy (non-hydrogen) atoms. The maximum absolute atomic E-state index is 12.8. The van der Waals surface area contributed by atoms with Crippen LogP contribution in [-0.4, -0.2) is 37.2 Å². The second-order valence-electron chi connectivity index (χ2n) is 21.3. The Labute approximate surface area is 459 Å². The first-order valence-corrected chi connectivity index (χ1v) is 31.9. The molecule has 0 aromatic carbocycles. The van der Waals surface area contributed by atoms with Gasteiger partial charge >= 0.3 is 17.9 Å². The molecule has 0 aromatic heterocycles. The fraction of sp³-hybridized carbons (Fsp3) is 0.779. The van der Waals surface area contributed by atoms with E-state index in [4.69, 9.17) is 14.2 Å². The number of rotatable bonds is 58. The third-order valence-corrected chi connectivity index (χ3v) is 13.9. The van der Waals surface area contributed by atoms with E-state index < -0.39 is 6.10 Å². The van der Waals surface area contributed by atoms with E-state index in [0.29, 0.717) is 19.3 Å². The van der Waals surface area contributed by atoms with Crippen LogP contribution in [0.4, 0.5) is 0 Å². The maximum atomic E-state index is 12.8. The standard InChI is InChI=1S/C68H120O6/c1-4-7-10-13-16-18-20-22-24-26-28-30-31-32-33-34-35-36-37-39-40-42-44-46-48-50-52-55-58-61-67(70)73-64-65(63-72-66(69)60-57-54-15-12-9-6-3)74-68(71)62-59-56-53-51-49-47-45-43-41-38-29-27-25-23-21-19-17-14-11-8-5-2/h20-23,26-29,31-32,41,43,65H,4-19,24-25,30,33-40,42,44-64H2,1-3H3/b22-20-,23-21-,28-26-,29-27-,32-31-,43-41-.